The van der Waals surface area contributed by atoms with Crippen LogP contribution in [0.2, 0.25) is 0 Å². The molecule has 2 aromatic rings. The molecule has 34 N–H and O–H groups in total. The van der Waals surface area contributed by atoms with Crippen molar-refractivity contribution in [2.45, 2.75) is 250 Å². The molecular formula is C69H119N14Na4O50P2S-. The van der Waals surface area contributed by atoms with Gasteiger partial charge in [0.15, 0.2) is 18.7 Å². The molecule has 0 bridgehead atoms. The summed E-state index contributed by atoms with van der Waals surface area (Å²) in [6, 6.07) is -3.28. The average Bonchev–Trinajstić information content (AvgIpc) is 0.889. The van der Waals surface area contributed by atoms with E-state index in [9.17, 15) is 174 Å². The number of hydrogen-bond donors (Lipinski definition) is 31. The van der Waals surface area contributed by atoms with Crippen molar-refractivity contribution in [3.05, 3.63) is 45.5 Å². The number of aliphatic hydroxyl groups excluding tert-OH is 20. The number of likely N-dealkylation sites (N-methyl/N-ethyl adjacent to an activating group) is 1. The minimum atomic E-state index is -5.88. The number of phosphoric ester groups is 2. The van der Waals surface area contributed by atoms with Gasteiger partial charge >= 0.3 is 136 Å². The number of hydrogen-bond acceptors (Lipinski definition) is 58. The summed E-state index contributed by atoms with van der Waals surface area (Å²) in [5.41, 5.74) is 19.3. The SMILES string of the molecule is CC.CC.CC(=O)NCC(=O)NC1C(O)CC(OP(=O)([O-])OCC2OC(n3ccc(N)nc3=O)C(O)C2O)(C(=O)[O-])OC1[C@H](O)[C@H](O)CO.CC(=O)NS.CNCC(=O)NC1C(O)CC(C(=O)[O-])OC1[C@H](O)[C@H](O)CO.COC(=O)OC.NC1C(O)OC(CO)C(O)C1O.NCC(=O)NC1C(O)CC(OP(=O)([O-])OCC2OC(n3ccc(N)nc3=O)C(O)C2O)(C(=O)[O-])OC1[C@H](O)[C@H](O)CO.[Na+].[Na+].[Na+].[Na+]. The van der Waals surface area contributed by atoms with Gasteiger partial charge in [-0.3, -0.25) is 51.3 Å². The number of carboxylic acid groups (broad SMARTS) is 3. The molecule has 6 aliphatic rings. The second kappa shape index (κ2) is 68.4. The first kappa shape index (κ1) is 142. The summed E-state index contributed by atoms with van der Waals surface area (Å²) in [5, 5.41) is 243. The number of aliphatic hydroxyl groups is 20. The van der Waals surface area contributed by atoms with Crippen LogP contribution in [0.3, 0.4) is 0 Å². The largest absolute Gasteiger partial charge is 1.00 e. The van der Waals surface area contributed by atoms with Crippen LogP contribution in [-0.4, -0.2) is 432 Å². The van der Waals surface area contributed by atoms with Gasteiger partial charge in [0.25, 0.3) is 15.6 Å². The fraction of sp³-hybridized carbons (Fsp3) is 0.754. The Balaban J connectivity index is -0.000000888. The third-order valence-electron chi connectivity index (χ3n) is 19.0. The minimum Gasteiger partial charge on any atom is -0.756 e. The molecule has 0 spiro atoms. The van der Waals surface area contributed by atoms with E-state index in [-0.39, 0.29) is 149 Å². The second-order valence-electron chi connectivity index (χ2n) is 28.6. The third-order valence-corrected chi connectivity index (χ3v) is 21.3. The van der Waals surface area contributed by atoms with Gasteiger partial charge in [-0.2, -0.15) is 9.97 Å². The van der Waals surface area contributed by atoms with Gasteiger partial charge in [0.05, 0.1) is 128 Å². The quantitative estimate of drug-likeness (QED) is 0.0137. The van der Waals surface area contributed by atoms with Crippen LogP contribution in [0, 0.1) is 0 Å². The van der Waals surface area contributed by atoms with Gasteiger partial charge in [-0.1, -0.05) is 40.5 Å². The van der Waals surface area contributed by atoms with E-state index in [2.05, 4.69) is 81.7 Å². The number of nitrogens with two attached hydrogens (primary N) is 4. The number of methoxy groups -OCH3 is 2. The van der Waals surface area contributed by atoms with Crippen molar-refractivity contribution in [2.75, 3.05) is 92.0 Å². The Kier molecular flexibility index (Phi) is 69.4. The van der Waals surface area contributed by atoms with Crippen molar-refractivity contribution >= 4 is 93.7 Å². The number of rotatable bonds is 33. The van der Waals surface area contributed by atoms with Crippen molar-refractivity contribution in [3.8, 4) is 0 Å². The van der Waals surface area contributed by atoms with Crippen molar-refractivity contribution in [3.63, 3.8) is 0 Å². The van der Waals surface area contributed by atoms with Crippen molar-refractivity contribution in [1.82, 2.24) is 50.4 Å². The zero-order valence-electron chi connectivity index (χ0n) is 77.7. The molecule has 27 unspecified atom stereocenters. The number of carbonyl (C=O) groups excluding carboxylic acids is 9. The van der Waals surface area contributed by atoms with Gasteiger partial charge in [0.2, 0.25) is 41.1 Å². The summed E-state index contributed by atoms with van der Waals surface area (Å²) in [4.78, 5) is 158. The summed E-state index contributed by atoms with van der Waals surface area (Å²) in [7, 11) is -7.67. The van der Waals surface area contributed by atoms with Crippen molar-refractivity contribution in [1.29, 1.82) is 0 Å². The van der Waals surface area contributed by atoms with Gasteiger partial charge in [-0.15, -0.1) is 0 Å². The first-order valence-corrected chi connectivity index (χ1v) is 43.5. The van der Waals surface area contributed by atoms with Gasteiger partial charge in [0.1, 0.15) is 133 Å². The van der Waals surface area contributed by atoms with Gasteiger partial charge in [-0.05, 0) is 19.2 Å². The van der Waals surface area contributed by atoms with Crippen LogP contribution in [0.15, 0.2) is 34.1 Å². The number of nitrogen functional groups attached to an aromatic ring is 2. The number of anilines is 2. The van der Waals surface area contributed by atoms with Crippen LogP contribution in [0.1, 0.15) is 73.3 Å². The second-order valence-corrected chi connectivity index (χ2v) is 31.5. The number of amides is 5. The van der Waals surface area contributed by atoms with E-state index in [0.29, 0.717) is 0 Å². The standard InChI is InChI=1S/C22H34N5O17P.C20H32N5O16P.C12H22N2O8.C6H13NO5.C3H6O3.C2H5NOS.2C2H6.4Na/c1-8(29)24-5-13(32)26-14-9(30)4-22(20(36)37,43-18(14)15(33)10(31)6-28)44-45(39,40)41-7-11-16(34)17(35)19(42-11)27-3-2-12(23)25-21(27)38;21-4-11(29)24-12-7(27)3-20(18(33)34,40-16(12)13(30)8(28)5-26)41-42(36,37)38-6-9-14(31)15(32)17(39-9)25-2-1-10(22)23-19(25)35;1-13-3-8(18)14-9-5(16)2-7(12(20)21)22-11(9)10(19)6(17)4-15;7-3-5(10)4(9)2(1-8)12-6(3)11;1-5-3(4)6-2;1-2(4)3-5;2*1-2;;;;/h2-3,9-11,14-19,28,30-31,33-35H,4-7H2,1H3,(H,24,29)(H,26,32)(H,36,37)(H,39,40)(H2,23,25,38);1-2,7-9,12-17,26-28,30-32H,3-6,21H2,(H,24,29)(H,33,34)(H,36,37)(H2,22,23,35);5-7,9-11,13,15-17,19H,2-4H2,1H3,(H,14,18)(H,20,21);2-6,8-11H,1,7H2;1-2H3;5H,1H3,(H,3,4);2*1-2H3;;;;/q;;;;;;;;4*+1/p-5/t9?,10-,11?,14?,15-,16?,17?,18?,19?,22?;7?,8-,9?,12?,13-,14?,15?,16?,17?,20?;5?,6-,7?,9?,10-,11?;;;;;;;;;/m111........./s1. The number of carbonyl (C=O) groups is 9. The third kappa shape index (κ3) is 43.2. The Morgan fingerprint density at radius 2 is 0.900 bits per heavy atom. The van der Waals surface area contributed by atoms with E-state index in [0.717, 1.165) is 28.5 Å². The first-order chi connectivity index (χ1) is 63.4. The first-order valence-electron chi connectivity index (χ1n) is 40.1. The smallest absolute Gasteiger partial charge is 0.756 e. The Hall–Kier alpha value is -4.20. The maximum absolute atomic E-state index is 12.8. The molecule has 0 saturated carbocycles. The molecule has 6 aliphatic heterocycles. The van der Waals surface area contributed by atoms with Crippen LogP contribution in [0.4, 0.5) is 16.4 Å². The number of aliphatic carboxylic acids is 3. The summed E-state index contributed by atoms with van der Waals surface area (Å²) < 4.78 is 86.4. The molecule has 0 radical (unpaired) electrons. The molecule has 0 aromatic carbocycles. The summed E-state index contributed by atoms with van der Waals surface area (Å²) in [6.07, 6.45) is -44.6. The van der Waals surface area contributed by atoms with Crippen LogP contribution in [-0.2, 0) is 103 Å². The predicted molar refractivity (Wildman–Crippen MR) is 435 cm³/mol. The molecular weight excluding hydrogens is 2010 g/mol. The monoisotopic (exact) mass is 2130 g/mol. The van der Waals surface area contributed by atoms with Crippen LogP contribution in [0.5, 0.6) is 0 Å². The minimum absolute atomic E-state index is 0. The topological polar surface area (TPSA) is 1060 Å². The van der Waals surface area contributed by atoms with E-state index in [1.165, 1.54) is 40.3 Å². The molecule has 0 aliphatic carbocycles. The van der Waals surface area contributed by atoms with Crippen LogP contribution < -0.4 is 209 Å². The molecule has 64 nitrogen and oxygen atoms in total. The zero-order chi connectivity index (χ0) is 105. The molecule has 786 valence electrons. The fourth-order valence-electron chi connectivity index (χ4n) is 12.3. The number of nitrogens with one attached hydrogen (secondary N) is 6. The van der Waals surface area contributed by atoms with E-state index in [4.69, 9.17) is 66.7 Å². The molecule has 71 heteroatoms. The van der Waals surface area contributed by atoms with Crippen molar-refractivity contribution in [2.24, 2.45) is 11.5 Å². The Bertz CT molecular complexity index is 4300. The summed E-state index contributed by atoms with van der Waals surface area (Å²) >= 11 is 3.42. The summed E-state index contributed by atoms with van der Waals surface area (Å²) in [6.45, 7) is 3.38. The number of aromatic nitrogens is 4. The van der Waals surface area contributed by atoms with Gasteiger partial charge in [-0.25, -0.2) is 14.4 Å². The number of nitrogens with zero attached hydrogens (tertiary/aromatic N) is 4. The average molecular weight is 2130 g/mol. The number of thiol groups is 1. The van der Waals surface area contributed by atoms with Gasteiger partial charge < -0.3 is 243 Å². The molecule has 33 atom stereocenters. The van der Waals surface area contributed by atoms with Gasteiger partial charge in [0, 0.05) is 45.5 Å². The Morgan fingerprint density at radius 1 is 0.550 bits per heavy atom. The van der Waals surface area contributed by atoms with E-state index < -0.39 is 329 Å². The molecule has 2 aromatic heterocycles. The Morgan fingerprint density at radius 3 is 1.21 bits per heavy atom. The maximum atomic E-state index is 12.8. The predicted octanol–water partition coefficient (Wildman–Crippen LogP) is -34.6. The van der Waals surface area contributed by atoms with E-state index in [1.807, 2.05) is 27.7 Å². The van der Waals surface area contributed by atoms with Crippen molar-refractivity contribution < 1.29 is 354 Å². The molecule has 6 saturated heterocycles. The molecule has 8 rings (SSSR count). The molecule has 8 heterocycles. The molecule has 6 fully saturated rings. The molecule has 140 heavy (non-hydrogen) atoms. The van der Waals surface area contributed by atoms with Crippen LogP contribution in [0.25, 0.3) is 0 Å². The number of phosphoric acid groups is 2. The normalized spacial score (nSPS) is 30.6. The Labute approximate surface area is 889 Å². The van der Waals surface area contributed by atoms with E-state index in [1.54, 1.807) is 0 Å². The zero-order valence-corrected chi connectivity index (χ0v) is 88.4. The fourth-order valence-corrected chi connectivity index (χ4v) is 14.2. The number of carboxylic acids is 3. The van der Waals surface area contributed by atoms with E-state index >= 15 is 0 Å². The van der Waals surface area contributed by atoms with Crippen LogP contribution >= 0.6 is 28.5 Å². The molecule has 5 amide bonds. The maximum Gasteiger partial charge on any atom is 1.00 e. The summed E-state index contributed by atoms with van der Waals surface area (Å²) in [5.74, 6) is -16.8. The number of ether oxygens (including phenoxy) is 8.